The first-order chi connectivity index (χ1) is 12.0. The Balaban J connectivity index is 1.74. The number of thioether (sulfide) groups is 2. The van der Waals surface area contributed by atoms with Gasteiger partial charge >= 0.3 is 5.97 Å². The van der Waals surface area contributed by atoms with Crippen LogP contribution in [-0.4, -0.2) is 64.4 Å². The van der Waals surface area contributed by atoms with Gasteiger partial charge in [-0.25, -0.2) is 9.48 Å². The van der Waals surface area contributed by atoms with Gasteiger partial charge in [0.15, 0.2) is 0 Å². The topological polar surface area (TPSA) is 145 Å². The van der Waals surface area contributed by atoms with Crippen LogP contribution in [0, 0.1) is 17.2 Å². The maximum Gasteiger partial charge on any atom is 0.353 e. The lowest BCUT2D eigenvalue weighted by molar-refractivity contribution is -0.156. The monoisotopic (exact) mass is 382 g/mol. The summed E-state index contributed by atoms with van der Waals surface area (Å²) in [5, 5.41) is 39.1. The Kier molecular flexibility index (Phi) is 4.98. The molecule has 132 valence electrons. The van der Waals surface area contributed by atoms with Crippen molar-refractivity contribution in [2.45, 2.75) is 36.5 Å². The highest BCUT2D eigenvalue weighted by atomic mass is 32.2. The molecule has 3 heterocycles. The first-order valence-electron chi connectivity index (χ1n) is 7.35. The molecule has 2 aliphatic heterocycles. The summed E-state index contributed by atoms with van der Waals surface area (Å²) in [6, 6.07) is 2.01. The van der Waals surface area contributed by atoms with E-state index in [1.807, 2.05) is 6.07 Å². The lowest BCUT2D eigenvalue weighted by Crippen LogP contribution is -2.60. The highest BCUT2D eigenvalue weighted by Gasteiger charge is 2.57. The first-order valence-corrected chi connectivity index (χ1v) is 9.22. The molecular formula is C13H14N6O4S2. The number of hydrogen-bond acceptors (Lipinski definition) is 9. The van der Waals surface area contributed by atoms with Crippen molar-refractivity contribution in [1.29, 1.82) is 5.26 Å². The second kappa shape index (κ2) is 7.03. The minimum absolute atomic E-state index is 0.0413. The van der Waals surface area contributed by atoms with Crippen LogP contribution < -0.4 is 0 Å². The molecule has 1 amide bonds. The van der Waals surface area contributed by atoms with Gasteiger partial charge in [0.05, 0.1) is 31.1 Å². The van der Waals surface area contributed by atoms with Gasteiger partial charge in [0, 0.05) is 10.7 Å². The number of rotatable bonds is 7. The highest BCUT2D eigenvalue weighted by Crippen LogP contribution is 2.51. The fraction of sp³-hybridized carbons (Fsp3) is 0.538. The molecule has 2 aliphatic rings. The SMILES string of the molecule is CC(O)[C@H]1C(=O)N2C(C(=O)O)=C(CSc3nnnn3CCC#N)S[C@H]12. The van der Waals surface area contributed by atoms with Gasteiger partial charge in [0.1, 0.15) is 11.1 Å². The maximum atomic E-state index is 12.1. The molecule has 0 saturated carbocycles. The number of carboxylic acid groups (broad SMARTS) is 1. The Labute approximate surface area is 150 Å². The Morgan fingerprint density at radius 3 is 2.96 bits per heavy atom. The number of aliphatic carboxylic acids is 1. The Hall–Kier alpha value is -2.10. The molecule has 0 bridgehead atoms. The predicted molar refractivity (Wildman–Crippen MR) is 86.8 cm³/mol. The summed E-state index contributed by atoms with van der Waals surface area (Å²) in [4.78, 5) is 25.5. The zero-order valence-corrected chi connectivity index (χ0v) is 14.7. The fourth-order valence-electron chi connectivity index (χ4n) is 2.68. The summed E-state index contributed by atoms with van der Waals surface area (Å²) in [5.41, 5.74) is -0.0413. The molecule has 1 fully saturated rings. The van der Waals surface area contributed by atoms with Crippen LogP contribution >= 0.6 is 23.5 Å². The number of hydrogen-bond donors (Lipinski definition) is 2. The number of β-lactam (4-membered cyclic amide) rings is 1. The van der Waals surface area contributed by atoms with Crippen LogP contribution in [0.15, 0.2) is 15.8 Å². The smallest absolute Gasteiger partial charge is 0.353 e. The third-order valence-electron chi connectivity index (χ3n) is 3.84. The van der Waals surface area contributed by atoms with Gasteiger partial charge in [0.25, 0.3) is 0 Å². The maximum absolute atomic E-state index is 12.1. The molecule has 1 aromatic heterocycles. The molecule has 0 aromatic carbocycles. The third kappa shape index (κ3) is 3.10. The zero-order chi connectivity index (χ0) is 18.1. The number of nitriles is 1. The molecule has 0 spiro atoms. The summed E-state index contributed by atoms with van der Waals surface area (Å²) in [7, 11) is 0. The lowest BCUT2D eigenvalue weighted by Gasteiger charge is -2.43. The number of aliphatic hydroxyl groups is 1. The quantitative estimate of drug-likeness (QED) is 0.483. The van der Waals surface area contributed by atoms with Crippen molar-refractivity contribution >= 4 is 35.4 Å². The Morgan fingerprint density at radius 1 is 1.56 bits per heavy atom. The molecule has 2 N–H and O–H groups in total. The predicted octanol–water partition coefficient (Wildman–Crippen LogP) is -0.113. The number of carboxylic acids is 1. The molecule has 3 rings (SSSR count). The summed E-state index contributed by atoms with van der Waals surface area (Å²) < 4.78 is 1.48. The van der Waals surface area contributed by atoms with Crippen LogP contribution in [0.3, 0.4) is 0 Å². The number of nitrogens with zero attached hydrogens (tertiary/aromatic N) is 6. The van der Waals surface area contributed by atoms with Crippen molar-refractivity contribution in [2.24, 2.45) is 5.92 Å². The number of carbonyl (C=O) groups excluding carboxylic acids is 1. The molecule has 1 saturated heterocycles. The van der Waals surface area contributed by atoms with Gasteiger partial charge in [-0.3, -0.25) is 9.69 Å². The van der Waals surface area contributed by atoms with Gasteiger partial charge in [-0.15, -0.1) is 16.9 Å². The summed E-state index contributed by atoms with van der Waals surface area (Å²) >= 11 is 2.52. The minimum Gasteiger partial charge on any atom is -0.477 e. The number of fused-ring (bicyclic) bond motifs is 1. The van der Waals surface area contributed by atoms with Gasteiger partial charge in [0.2, 0.25) is 11.1 Å². The van der Waals surface area contributed by atoms with Crippen molar-refractivity contribution in [2.75, 3.05) is 5.75 Å². The fourth-order valence-corrected chi connectivity index (χ4v) is 5.29. The van der Waals surface area contributed by atoms with E-state index in [4.69, 9.17) is 5.26 Å². The van der Waals surface area contributed by atoms with Crippen molar-refractivity contribution in [1.82, 2.24) is 25.1 Å². The zero-order valence-electron chi connectivity index (χ0n) is 13.1. The van der Waals surface area contributed by atoms with Gasteiger partial charge < -0.3 is 10.2 Å². The van der Waals surface area contributed by atoms with E-state index in [0.717, 1.165) is 0 Å². The van der Waals surface area contributed by atoms with Crippen LogP contribution in [-0.2, 0) is 16.1 Å². The van der Waals surface area contributed by atoms with Gasteiger partial charge in [-0.05, 0) is 17.4 Å². The average Bonchev–Trinajstić information content (AvgIpc) is 3.12. The van der Waals surface area contributed by atoms with Crippen LogP contribution in [0.4, 0.5) is 0 Å². The standard InChI is InChI=1S/C13H14N6O4S2/c1-6(20)8-10(21)19-9(12(22)23)7(25-11(8)19)5-24-13-15-16-17-18(13)4-2-3-14/h6,8,11,20H,2,4-5H2,1H3,(H,22,23)/t6?,8-,11+/m0/s1. The highest BCUT2D eigenvalue weighted by molar-refractivity contribution is 8.06. The number of aryl methyl sites for hydroxylation is 1. The molecular weight excluding hydrogens is 368 g/mol. The molecule has 0 radical (unpaired) electrons. The van der Waals surface area contributed by atoms with Crippen molar-refractivity contribution in [3.8, 4) is 6.07 Å². The minimum atomic E-state index is -1.17. The second-order valence-electron chi connectivity index (χ2n) is 5.44. The summed E-state index contributed by atoms with van der Waals surface area (Å²) in [5.74, 6) is -1.86. The number of carbonyl (C=O) groups is 2. The van der Waals surface area contributed by atoms with E-state index in [2.05, 4.69) is 15.5 Å². The van der Waals surface area contributed by atoms with E-state index < -0.39 is 18.0 Å². The number of tetrazole rings is 1. The first kappa shape index (κ1) is 17.7. The van der Waals surface area contributed by atoms with E-state index in [-0.39, 0.29) is 29.2 Å². The van der Waals surface area contributed by atoms with E-state index in [1.165, 1.54) is 40.0 Å². The largest absolute Gasteiger partial charge is 0.477 e. The molecule has 1 unspecified atom stereocenters. The van der Waals surface area contributed by atoms with Crippen LogP contribution in [0.25, 0.3) is 0 Å². The number of aliphatic hydroxyl groups excluding tert-OH is 1. The van der Waals surface area contributed by atoms with E-state index in [0.29, 0.717) is 16.6 Å². The van der Waals surface area contributed by atoms with Crippen molar-refractivity contribution in [3.05, 3.63) is 10.6 Å². The van der Waals surface area contributed by atoms with E-state index >= 15 is 0 Å². The number of aromatic nitrogens is 4. The Bertz CT molecular complexity index is 786. The normalized spacial score (nSPS) is 23.2. The second-order valence-corrected chi connectivity index (χ2v) is 7.60. The molecule has 0 aliphatic carbocycles. The van der Waals surface area contributed by atoms with Gasteiger partial charge in [-0.1, -0.05) is 11.8 Å². The summed E-state index contributed by atoms with van der Waals surface area (Å²) in [6.45, 7) is 1.87. The summed E-state index contributed by atoms with van der Waals surface area (Å²) in [6.07, 6.45) is -0.571. The number of amides is 1. The Morgan fingerprint density at radius 2 is 2.32 bits per heavy atom. The van der Waals surface area contributed by atoms with Crippen LogP contribution in [0.5, 0.6) is 0 Å². The average molecular weight is 382 g/mol. The van der Waals surface area contributed by atoms with Crippen LogP contribution in [0.1, 0.15) is 13.3 Å². The van der Waals surface area contributed by atoms with E-state index in [9.17, 15) is 19.8 Å². The molecule has 3 atom stereocenters. The van der Waals surface area contributed by atoms with E-state index in [1.54, 1.807) is 0 Å². The van der Waals surface area contributed by atoms with Crippen LogP contribution in [0.2, 0.25) is 0 Å². The molecule has 10 nitrogen and oxygen atoms in total. The molecule has 12 heteroatoms. The lowest BCUT2D eigenvalue weighted by atomic mass is 9.92. The third-order valence-corrected chi connectivity index (χ3v) is 6.38. The van der Waals surface area contributed by atoms with Gasteiger partial charge in [-0.2, -0.15) is 5.26 Å². The molecule has 1 aromatic rings. The molecule has 25 heavy (non-hydrogen) atoms. The van der Waals surface area contributed by atoms with Crippen molar-refractivity contribution < 1.29 is 19.8 Å². The van der Waals surface area contributed by atoms with Crippen molar-refractivity contribution in [3.63, 3.8) is 0 Å².